The highest BCUT2D eigenvalue weighted by molar-refractivity contribution is 8.17. The number of aliphatic hydroxyl groups excluding tert-OH is 2. The van der Waals surface area contributed by atoms with Crippen molar-refractivity contribution in [2.45, 2.75) is 62.6 Å². The van der Waals surface area contributed by atoms with E-state index in [4.69, 9.17) is 9.47 Å². The van der Waals surface area contributed by atoms with Crippen molar-refractivity contribution in [1.29, 1.82) is 0 Å². The van der Waals surface area contributed by atoms with Gasteiger partial charge in [-0.1, -0.05) is 12.2 Å². The summed E-state index contributed by atoms with van der Waals surface area (Å²) < 4.78 is 11.3. The molecular weight excluding hydrogens is 320 g/mol. The van der Waals surface area contributed by atoms with Crippen LogP contribution in [0.5, 0.6) is 0 Å². The Morgan fingerprint density at radius 1 is 1.14 bits per heavy atom. The van der Waals surface area contributed by atoms with Gasteiger partial charge in [-0.15, -0.1) is 23.5 Å². The lowest BCUT2D eigenvalue weighted by atomic mass is 10.1. The first kappa shape index (κ1) is 20.3. The molecule has 4 nitrogen and oxygen atoms in total. The van der Waals surface area contributed by atoms with Crippen LogP contribution in [0.4, 0.5) is 0 Å². The molecule has 0 radical (unpaired) electrons. The number of aliphatic hydroxyl groups is 2. The van der Waals surface area contributed by atoms with Crippen LogP contribution in [0.15, 0.2) is 12.2 Å². The molecule has 1 saturated heterocycles. The van der Waals surface area contributed by atoms with Gasteiger partial charge in [0.25, 0.3) is 0 Å². The van der Waals surface area contributed by atoms with E-state index in [1.54, 1.807) is 6.08 Å². The summed E-state index contributed by atoms with van der Waals surface area (Å²) in [4.78, 5) is 0. The fraction of sp³-hybridized carbons (Fsp3) is 0.875. The van der Waals surface area contributed by atoms with E-state index in [2.05, 4.69) is 0 Å². The van der Waals surface area contributed by atoms with Crippen LogP contribution in [0.2, 0.25) is 0 Å². The SMILES string of the molecule is CCOC(C[C@H](O)/C=C/C[C@@H](O)CC1SCCCS1)OCC. The summed E-state index contributed by atoms with van der Waals surface area (Å²) in [5, 5.41) is 20.0. The largest absolute Gasteiger partial charge is 0.393 e. The van der Waals surface area contributed by atoms with Gasteiger partial charge in [-0.25, -0.2) is 0 Å². The monoisotopic (exact) mass is 350 g/mol. The molecule has 0 aromatic carbocycles. The van der Waals surface area contributed by atoms with Crippen LogP contribution in [-0.4, -0.2) is 58.0 Å². The summed E-state index contributed by atoms with van der Waals surface area (Å²) in [6.07, 6.45) is 5.39. The molecular formula is C16H30O4S2. The van der Waals surface area contributed by atoms with Crippen LogP contribution in [-0.2, 0) is 9.47 Å². The van der Waals surface area contributed by atoms with Crippen molar-refractivity contribution < 1.29 is 19.7 Å². The zero-order valence-corrected chi connectivity index (χ0v) is 15.3. The summed E-state index contributed by atoms with van der Waals surface area (Å²) in [7, 11) is 0. The molecule has 2 atom stereocenters. The van der Waals surface area contributed by atoms with Gasteiger partial charge in [0, 0.05) is 19.6 Å². The lowest BCUT2D eigenvalue weighted by Gasteiger charge is -2.22. The summed E-state index contributed by atoms with van der Waals surface area (Å²) in [5.74, 6) is 2.41. The summed E-state index contributed by atoms with van der Waals surface area (Å²) >= 11 is 3.89. The van der Waals surface area contributed by atoms with Crippen LogP contribution in [0.3, 0.4) is 0 Å². The second kappa shape index (κ2) is 12.7. The van der Waals surface area contributed by atoms with Gasteiger partial charge in [-0.2, -0.15) is 0 Å². The third-order valence-electron chi connectivity index (χ3n) is 3.27. The summed E-state index contributed by atoms with van der Waals surface area (Å²) in [5.41, 5.74) is 0. The molecule has 1 aliphatic rings. The Labute approximate surface area is 143 Å². The van der Waals surface area contributed by atoms with Crippen LogP contribution < -0.4 is 0 Å². The average Bonchev–Trinajstić information content (AvgIpc) is 2.48. The van der Waals surface area contributed by atoms with Gasteiger partial charge in [-0.05, 0) is 44.6 Å². The summed E-state index contributed by atoms with van der Waals surface area (Å²) in [6.45, 7) is 4.95. The van der Waals surface area contributed by atoms with Gasteiger partial charge in [0.1, 0.15) is 0 Å². The molecule has 0 bridgehead atoms. The molecule has 1 aliphatic heterocycles. The van der Waals surface area contributed by atoms with E-state index in [-0.39, 0.29) is 12.4 Å². The van der Waals surface area contributed by atoms with E-state index in [9.17, 15) is 10.2 Å². The van der Waals surface area contributed by atoms with E-state index >= 15 is 0 Å². The molecule has 1 fully saturated rings. The lowest BCUT2D eigenvalue weighted by Crippen LogP contribution is -2.23. The van der Waals surface area contributed by atoms with Crippen molar-refractivity contribution in [3.8, 4) is 0 Å². The van der Waals surface area contributed by atoms with Gasteiger partial charge in [-0.3, -0.25) is 0 Å². The maximum absolute atomic E-state index is 10.1. The molecule has 0 spiro atoms. The van der Waals surface area contributed by atoms with Gasteiger partial charge in [0.2, 0.25) is 0 Å². The lowest BCUT2D eigenvalue weighted by molar-refractivity contribution is -0.148. The van der Waals surface area contributed by atoms with Crippen LogP contribution in [0.25, 0.3) is 0 Å². The maximum Gasteiger partial charge on any atom is 0.160 e. The minimum absolute atomic E-state index is 0.332. The Bertz CT molecular complexity index is 290. The molecule has 0 unspecified atom stereocenters. The Morgan fingerprint density at radius 2 is 1.77 bits per heavy atom. The normalized spacial score (nSPS) is 19.9. The first-order chi connectivity index (χ1) is 10.7. The Kier molecular flexibility index (Phi) is 11.7. The van der Waals surface area contributed by atoms with Crippen molar-refractivity contribution in [3.63, 3.8) is 0 Å². The van der Waals surface area contributed by atoms with E-state index < -0.39 is 6.10 Å². The van der Waals surface area contributed by atoms with Crippen LogP contribution >= 0.6 is 23.5 Å². The highest BCUT2D eigenvalue weighted by atomic mass is 32.2. The molecule has 0 aromatic rings. The maximum atomic E-state index is 10.1. The molecule has 0 aromatic heterocycles. The Balaban J connectivity index is 2.21. The molecule has 6 heteroatoms. The van der Waals surface area contributed by atoms with E-state index in [1.807, 2.05) is 43.4 Å². The van der Waals surface area contributed by atoms with Gasteiger partial charge in [0.15, 0.2) is 6.29 Å². The second-order valence-corrected chi connectivity index (χ2v) is 8.14. The van der Waals surface area contributed by atoms with E-state index in [0.717, 1.165) is 6.42 Å². The molecule has 22 heavy (non-hydrogen) atoms. The molecule has 1 rings (SSSR count). The fourth-order valence-electron chi connectivity index (χ4n) is 2.22. The third-order valence-corrected chi connectivity index (χ3v) is 6.26. The molecule has 1 heterocycles. The smallest absolute Gasteiger partial charge is 0.160 e. The van der Waals surface area contributed by atoms with Crippen molar-refractivity contribution >= 4 is 23.5 Å². The number of thioether (sulfide) groups is 2. The van der Waals surface area contributed by atoms with E-state index in [0.29, 0.717) is 30.6 Å². The van der Waals surface area contributed by atoms with E-state index in [1.165, 1.54) is 17.9 Å². The Morgan fingerprint density at radius 3 is 2.36 bits per heavy atom. The van der Waals surface area contributed by atoms with Gasteiger partial charge >= 0.3 is 0 Å². The Hall–Kier alpha value is 0.280. The first-order valence-corrected chi connectivity index (χ1v) is 10.2. The molecule has 0 amide bonds. The predicted molar refractivity (Wildman–Crippen MR) is 95.4 cm³/mol. The molecule has 2 N–H and O–H groups in total. The average molecular weight is 351 g/mol. The fourth-order valence-corrected chi connectivity index (χ4v) is 5.22. The topological polar surface area (TPSA) is 58.9 Å². The predicted octanol–water partition coefficient (Wildman–Crippen LogP) is 3.03. The number of ether oxygens (including phenoxy) is 2. The second-order valence-electron chi connectivity index (χ2n) is 5.22. The molecule has 0 saturated carbocycles. The highest BCUT2D eigenvalue weighted by Crippen LogP contribution is 2.34. The van der Waals surface area contributed by atoms with Crippen molar-refractivity contribution in [3.05, 3.63) is 12.2 Å². The zero-order valence-electron chi connectivity index (χ0n) is 13.6. The van der Waals surface area contributed by atoms with Crippen molar-refractivity contribution in [1.82, 2.24) is 0 Å². The number of hydrogen-bond donors (Lipinski definition) is 2. The van der Waals surface area contributed by atoms with Crippen LogP contribution in [0, 0.1) is 0 Å². The minimum atomic E-state index is -0.603. The summed E-state index contributed by atoms with van der Waals surface area (Å²) in [6, 6.07) is 0. The quantitative estimate of drug-likeness (QED) is 0.441. The van der Waals surface area contributed by atoms with Gasteiger partial charge < -0.3 is 19.7 Å². The zero-order chi connectivity index (χ0) is 16.2. The third kappa shape index (κ3) is 9.43. The first-order valence-electron chi connectivity index (χ1n) is 8.14. The molecule has 130 valence electrons. The van der Waals surface area contributed by atoms with Crippen molar-refractivity contribution in [2.75, 3.05) is 24.7 Å². The number of hydrogen-bond acceptors (Lipinski definition) is 6. The van der Waals surface area contributed by atoms with Crippen molar-refractivity contribution in [2.24, 2.45) is 0 Å². The number of rotatable bonds is 11. The molecule has 0 aliphatic carbocycles. The minimum Gasteiger partial charge on any atom is -0.393 e. The van der Waals surface area contributed by atoms with Crippen LogP contribution in [0.1, 0.15) is 39.5 Å². The highest BCUT2D eigenvalue weighted by Gasteiger charge is 2.18. The van der Waals surface area contributed by atoms with Gasteiger partial charge in [0.05, 0.1) is 16.8 Å². The standard InChI is InChI=1S/C16H30O4S2/c1-3-19-15(20-4-2)11-13(17)7-5-8-14(18)12-16-21-9-6-10-22-16/h5,7,13-18H,3-4,6,8-12H2,1-2H3/b7-5+/t13-,14-/m1/s1.